The Kier molecular flexibility index (Phi) is 6.17. The van der Waals surface area contributed by atoms with Gasteiger partial charge in [0.05, 0.1) is 19.0 Å². The summed E-state index contributed by atoms with van der Waals surface area (Å²) in [5.74, 6) is 0.613. The van der Waals surface area contributed by atoms with Crippen LogP contribution in [0.15, 0.2) is 66.9 Å². The van der Waals surface area contributed by atoms with Crippen LogP contribution in [-0.2, 0) is 12.0 Å². The number of hydrogen-bond donors (Lipinski definition) is 2. The predicted molar refractivity (Wildman–Crippen MR) is 118 cm³/mol. The average molecular weight is 389 g/mol. The zero-order chi connectivity index (χ0) is 20.9. The molecule has 1 amide bonds. The Morgan fingerprint density at radius 1 is 1.00 bits per heavy atom. The molecule has 0 bridgehead atoms. The van der Waals surface area contributed by atoms with Gasteiger partial charge in [-0.25, -0.2) is 4.98 Å². The maximum absolute atomic E-state index is 12.6. The molecule has 0 saturated heterocycles. The van der Waals surface area contributed by atoms with Crippen molar-refractivity contribution >= 4 is 17.3 Å². The highest BCUT2D eigenvalue weighted by Gasteiger charge is 2.19. The number of nitrogens with one attached hydrogen (secondary N) is 2. The minimum absolute atomic E-state index is 0.0630. The highest BCUT2D eigenvalue weighted by Crippen LogP contribution is 2.29. The largest absolute Gasteiger partial charge is 0.497 e. The second-order valence-electron chi connectivity index (χ2n) is 7.88. The Hall–Kier alpha value is -3.34. The first kappa shape index (κ1) is 20.4. The molecular weight excluding hydrogens is 362 g/mol. The Balaban J connectivity index is 1.63. The van der Waals surface area contributed by atoms with Gasteiger partial charge in [-0.1, -0.05) is 51.1 Å². The standard InChI is InChI=1S/C24H27N3O2/c1-24(2,3)20-7-5-6-8-21(20)27-23(28)22-14-11-18(16-26-22)25-15-17-9-12-19(29-4)13-10-17/h5-14,16,25H,15H2,1-4H3,(H,27,28). The van der Waals surface area contributed by atoms with Crippen molar-refractivity contribution in [3.8, 4) is 5.75 Å². The van der Waals surface area contributed by atoms with Crippen LogP contribution < -0.4 is 15.4 Å². The van der Waals surface area contributed by atoms with E-state index in [1.165, 1.54) is 0 Å². The van der Waals surface area contributed by atoms with Crippen LogP contribution in [0.2, 0.25) is 0 Å². The zero-order valence-electron chi connectivity index (χ0n) is 17.3. The summed E-state index contributed by atoms with van der Waals surface area (Å²) in [5.41, 5.74) is 4.20. The summed E-state index contributed by atoms with van der Waals surface area (Å²) in [6.07, 6.45) is 1.67. The molecular formula is C24H27N3O2. The van der Waals surface area contributed by atoms with Gasteiger partial charge in [0.25, 0.3) is 5.91 Å². The lowest BCUT2D eigenvalue weighted by molar-refractivity contribution is 0.102. The van der Waals surface area contributed by atoms with Crippen LogP contribution in [0, 0.1) is 0 Å². The molecule has 0 aliphatic carbocycles. The van der Waals surface area contributed by atoms with Crippen LogP contribution in [0.1, 0.15) is 42.4 Å². The van der Waals surface area contributed by atoms with Gasteiger partial charge in [0.2, 0.25) is 0 Å². The topological polar surface area (TPSA) is 63.2 Å². The molecule has 0 unspecified atom stereocenters. The van der Waals surface area contributed by atoms with E-state index in [0.29, 0.717) is 12.2 Å². The van der Waals surface area contributed by atoms with Gasteiger partial charge >= 0.3 is 0 Å². The molecule has 3 aromatic rings. The van der Waals surface area contributed by atoms with E-state index in [-0.39, 0.29) is 11.3 Å². The summed E-state index contributed by atoms with van der Waals surface area (Å²) >= 11 is 0. The molecule has 29 heavy (non-hydrogen) atoms. The van der Waals surface area contributed by atoms with Gasteiger partial charge in [-0.3, -0.25) is 4.79 Å². The van der Waals surface area contributed by atoms with Crippen molar-refractivity contribution in [1.82, 2.24) is 4.98 Å². The fourth-order valence-electron chi connectivity index (χ4n) is 3.01. The van der Waals surface area contributed by atoms with Gasteiger partial charge in [0.15, 0.2) is 0 Å². The van der Waals surface area contributed by atoms with E-state index in [9.17, 15) is 4.79 Å². The molecule has 2 N–H and O–H groups in total. The first-order chi connectivity index (χ1) is 13.9. The van der Waals surface area contributed by atoms with Crippen LogP contribution >= 0.6 is 0 Å². The van der Waals surface area contributed by atoms with Gasteiger partial charge in [-0.05, 0) is 46.9 Å². The number of aromatic nitrogens is 1. The molecule has 2 aromatic carbocycles. The fourth-order valence-corrected chi connectivity index (χ4v) is 3.01. The lowest BCUT2D eigenvalue weighted by Gasteiger charge is -2.22. The number of amides is 1. The molecule has 1 heterocycles. The summed E-state index contributed by atoms with van der Waals surface area (Å²) in [4.78, 5) is 17.0. The number of ether oxygens (including phenoxy) is 1. The summed E-state index contributed by atoms with van der Waals surface area (Å²) in [5, 5.41) is 6.30. The maximum Gasteiger partial charge on any atom is 0.274 e. The highest BCUT2D eigenvalue weighted by atomic mass is 16.5. The fraction of sp³-hybridized carbons (Fsp3) is 0.250. The van der Waals surface area contributed by atoms with Crippen LogP contribution in [0.5, 0.6) is 5.75 Å². The molecule has 0 radical (unpaired) electrons. The van der Waals surface area contributed by atoms with Crippen molar-refractivity contribution in [1.29, 1.82) is 0 Å². The van der Waals surface area contributed by atoms with Gasteiger partial charge in [0.1, 0.15) is 11.4 Å². The number of benzene rings is 2. The van der Waals surface area contributed by atoms with Gasteiger partial charge in [-0.2, -0.15) is 0 Å². The van der Waals surface area contributed by atoms with Crippen molar-refractivity contribution in [3.05, 3.63) is 83.7 Å². The first-order valence-corrected chi connectivity index (χ1v) is 9.60. The van der Waals surface area contributed by atoms with Crippen LogP contribution in [-0.4, -0.2) is 18.0 Å². The van der Waals surface area contributed by atoms with Gasteiger partial charge in [-0.15, -0.1) is 0 Å². The smallest absolute Gasteiger partial charge is 0.274 e. The number of para-hydroxylation sites is 1. The molecule has 0 fully saturated rings. The third kappa shape index (κ3) is 5.35. The quantitative estimate of drug-likeness (QED) is 0.604. The monoisotopic (exact) mass is 389 g/mol. The molecule has 1 aromatic heterocycles. The maximum atomic E-state index is 12.6. The van der Waals surface area contributed by atoms with E-state index < -0.39 is 0 Å². The molecule has 0 saturated carbocycles. The van der Waals surface area contributed by atoms with E-state index >= 15 is 0 Å². The molecule has 150 valence electrons. The Bertz CT molecular complexity index is 959. The minimum atomic E-state index is -0.219. The number of anilines is 2. The molecule has 0 aliphatic rings. The first-order valence-electron chi connectivity index (χ1n) is 9.60. The third-order valence-corrected chi connectivity index (χ3v) is 4.64. The third-order valence-electron chi connectivity index (χ3n) is 4.64. The SMILES string of the molecule is COc1ccc(CNc2ccc(C(=O)Nc3ccccc3C(C)(C)C)nc2)cc1. The van der Waals surface area contributed by atoms with Crippen molar-refractivity contribution in [2.75, 3.05) is 17.7 Å². The molecule has 5 nitrogen and oxygen atoms in total. The van der Waals surface area contributed by atoms with Crippen molar-refractivity contribution in [2.45, 2.75) is 32.7 Å². The summed E-state index contributed by atoms with van der Waals surface area (Å²) in [6.45, 7) is 7.04. The van der Waals surface area contributed by atoms with Crippen LogP contribution in [0.4, 0.5) is 11.4 Å². The summed E-state index contributed by atoms with van der Waals surface area (Å²) < 4.78 is 5.17. The predicted octanol–water partition coefficient (Wildman–Crippen LogP) is 5.25. The number of pyridine rings is 1. The highest BCUT2D eigenvalue weighted by molar-refractivity contribution is 6.03. The second kappa shape index (κ2) is 8.78. The van der Waals surface area contributed by atoms with Crippen LogP contribution in [0.3, 0.4) is 0 Å². The molecule has 0 aliphatic heterocycles. The molecule has 3 rings (SSSR count). The minimum Gasteiger partial charge on any atom is -0.497 e. The molecule has 0 atom stereocenters. The van der Waals surface area contributed by atoms with E-state index in [1.807, 2.05) is 54.6 Å². The Labute approximate surface area is 172 Å². The van der Waals surface area contributed by atoms with Crippen LogP contribution in [0.25, 0.3) is 0 Å². The number of hydrogen-bond acceptors (Lipinski definition) is 4. The van der Waals surface area contributed by atoms with E-state index in [1.54, 1.807) is 19.4 Å². The second-order valence-corrected chi connectivity index (χ2v) is 7.88. The molecule has 5 heteroatoms. The number of methoxy groups -OCH3 is 1. The van der Waals surface area contributed by atoms with E-state index in [0.717, 1.165) is 28.3 Å². The average Bonchev–Trinajstić information content (AvgIpc) is 2.72. The van der Waals surface area contributed by atoms with Crippen molar-refractivity contribution in [3.63, 3.8) is 0 Å². The van der Waals surface area contributed by atoms with Gasteiger partial charge in [0, 0.05) is 12.2 Å². The normalized spacial score (nSPS) is 11.0. The van der Waals surface area contributed by atoms with E-state index in [2.05, 4.69) is 36.4 Å². The van der Waals surface area contributed by atoms with E-state index in [4.69, 9.17) is 4.74 Å². The lowest BCUT2D eigenvalue weighted by Crippen LogP contribution is -2.19. The number of carbonyl (C=O) groups excluding carboxylic acids is 1. The van der Waals surface area contributed by atoms with Crippen molar-refractivity contribution < 1.29 is 9.53 Å². The van der Waals surface area contributed by atoms with Crippen molar-refractivity contribution in [2.24, 2.45) is 0 Å². The lowest BCUT2D eigenvalue weighted by atomic mass is 9.86. The number of carbonyl (C=O) groups is 1. The number of rotatable bonds is 6. The Morgan fingerprint density at radius 3 is 2.34 bits per heavy atom. The zero-order valence-corrected chi connectivity index (χ0v) is 17.3. The molecule has 0 spiro atoms. The number of nitrogens with zero attached hydrogens (tertiary/aromatic N) is 1. The summed E-state index contributed by atoms with van der Waals surface area (Å²) in [7, 11) is 1.65. The summed E-state index contributed by atoms with van der Waals surface area (Å²) in [6, 6.07) is 19.3. The van der Waals surface area contributed by atoms with Gasteiger partial charge < -0.3 is 15.4 Å². The Morgan fingerprint density at radius 2 is 1.72 bits per heavy atom.